The third-order valence-corrected chi connectivity index (χ3v) is 4.09. The van der Waals surface area contributed by atoms with Gasteiger partial charge in [-0.1, -0.05) is 36.9 Å². The maximum Gasteiger partial charge on any atom is 0.319 e. The quantitative estimate of drug-likeness (QED) is 0.538. The number of nitrogens with one attached hydrogen (secondary N) is 2. The van der Waals surface area contributed by atoms with E-state index in [1.54, 1.807) is 12.1 Å². The monoisotopic (exact) mass is 368 g/mol. The van der Waals surface area contributed by atoms with Crippen molar-refractivity contribution < 1.29 is 24.2 Å². The fourth-order valence-electron chi connectivity index (χ4n) is 2.87. The molecule has 0 unspecified atom stereocenters. The Labute approximate surface area is 156 Å². The molecule has 0 aliphatic carbocycles. The predicted octanol–water partition coefficient (Wildman–Crippen LogP) is 2.50. The summed E-state index contributed by atoms with van der Waals surface area (Å²) in [7, 11) is 0. The number of hydrogen-bond donors (Lipinski definition) is 3. The third kappa shape index (κ3) is 4.58. The lowest BCUT2D eigenvalue weighted by Crippen LogP contribution is -2.51. The molecule has 1 fully saturated rings. The van der Waals surface area contributed by atoms with Gasteiger partial charge in [0.15, 0.2) is 0 Å². The van der Waals surface area contributed by atoms with E-state index in [-0.39, 0.29) is 24.7 Å². The lowest BCUT2D eigenvalue weighted by atomic mass is 9.89. The standard InChI is InChI=1S/C20H20N2O5/c1-13-17(19(24)27-11-10-26-16-8-3-2-4-9-16)18(22-20(25)21-13)14-6-5-7-15(23)12-14/h2-9,12,17-18,23H,1,10-11H2,(H2,21,22,25)/t17-,18+/m1/s1. The van der Waals surface area contributed by atoms with Crippen LogP contribution >= 0.6 is 0 Å². The first kappa shape index (κ1) is 18.3. The van der Waals surface area contributed by atoms with Gasteiger partial charge >= 0.3 is 12.0 Å². The molecule has 2 atom stereocenters. The number of phenolic OH excluding ortho intramolecular Hbond substituents is 1. The molecule has 1 aliphatic heterocycles. The minimum absolute atomic E-state index is 0.0364. The van der Waals surface area contributed by atoms with Crippen molar-refractivity contribution in [3.8, 4) is 11.5 Å². The zero-order chi connectivity index (χ0) is 19.2. The van der Waals surface area contributed by atoms with Crippen LogP contribution in [0.4, 0.5) is 4.79 Å². The van der Waals surface area contributed by atoms with Crippen LogP contribution in [0.1, 0.15) is 11.6 Å². The summed E-state index contributed by atoms with van der Waals surface area (Å²) in [6.07, 6.45) is 0. The topological polar surface area (TPSA) is 96.9 Å². The predicted molar refractivity (Wildman–Crippen MR) is 98.0 cm³/mol. The summed E-state index contributed by atoms with van der Waals surface area (Å²) in [6, 6.07) is 14.4. The number of amides is 2. The van der Waals surface area contributed by atoms with Gasteiger partial charge in [-0.15, -0.1) is 0 Å². The Kier molecular flexibility index (Phi) is 5.61. The van der Waals surface area contributed by atoms with Gasteiger partial charge in [0.2, 0.25) is 0 Å². The van der Waals surface area contributed by atoms with Crippen LogP contribution in [0.3, 0.4) is 0 Å². The Morgan fingerprint density at radius 2 is 1.89 bits per heavy atom. The molecular formula is C20H20N2O5. The number of rotatable bonds is 6. The van der Waals surface area contributed by atoms with Crippen LogP contribution in [0.5, 0.6) is 11.5 Å². The average molecular weight is 368 g/mol. The molecule has 27 heavy (non-hydrogen) atoms. The number of urea groups is 1. The molecule has 1 saturated heterocycles. The SMILES string of the molecule is C=C1NC(=O)N[C@@H](c2cccc(O)c2)[C@@H]1C(=O)OCCOc1ccccc1. The molecule has 2 aromatic rings. The van der Waals surface area contributed by atoms with Gasteiger partial charge in [-0.05, 0) is 29.8 Å². The highest BCUT2D eigenvalue weighted by atomic mass is 16.6. The van der Waals surface area contributed by atoms with E-state index in [9.17, 15) is 14.7 Å². The number of carbonyl (C=O) groups excluding carboxylic acids is 2. The molecule has 2 aromatic carbocycles. The van der Waals surface area contributed by atoms with E-state index in [0.717, 1.165) is 0 Å². The van der Waals surface area contributed by atoms with E-state index in [2.05, 4.69) is 17.2 Å². The highest BCUT2D eigenvalue weighted by Crippen LogP contribution is 2.31. The van der Waals surface area contributed by atoms with Gasteiger partial charge in [-0.25, -0.2) is 4.79 Å². The van der Waals surface area contributed by atoms with Crippen LogP contribution in [-0.4, -0.2) is 30.3 Å². The van der Waals surface area contributed by atoms with E-state index in [1.807, 2.05) is 30.3 Å². The number of aromatic hydroxyl groups is 1. The van der Waals surface area contributed by atoms with Crippen LogP contribution in [0.2, 0.25) is 0 Å². The highest BCUT2D eigenvalue weighted by molar-refractivity contribution is 5.85. The van der Waals surface area contributed by atoms with E-state index < -0.39 is 24.0 Å². The fourth-order valence-corrected chi connectivity index (χ4v) is 2.87. The van der Waals surface area contributed by atoms with Gasteiger partial charge in [0.1, 0.15) is 30.6 Å². The van der Waals surface area contributed by atoms with Gasteiger partial charge in [0, 0.05) is 5.70 Å². The molecule has 1 aliphatic rings. The average Bonchev–Trinajstić information content (AvgIpc) is 2.65. The molecule has 7 heteroatoms. The number of carbonyl (C=O) groups is 2. The molecule has 0 bridgehead atoms. The summed E-state index contributed by atoms with van der Waals surface area (Å²) < 4.78 is 10.8. The van der Waals surface area contributed by atoms with Crippen molar-refractivity contribution in [2.24, 2.45) is 5.92 Å². The molecule has 7 nitrogen and oxygen atoms in total. The van der Waals surface area contributed by atoms with Crippen molar-refractivity contribution in [1.29, 1.82) is 0 Å². The first-order valence-corrected chi connectivity index (χ1v) is 8.44. The number of ether oxygens (including phenoxy) is 2. The Balaban J connectivity index is 1.64. The molecule has 1 heterocycles. The van der Waals surface area contributed by atoms with Crippen molar-refractivity contribution in [1.82, 2.24) is 10.6 Å². The first-order valence-electron chi connectivity index (χ1n) is 8.44. The molecule has 140 valence electrons. The van der Waals surface area contributed by atoms with Gasteiger partial charge in [0.05, 0.1) is 6.04 Å². The summed E-state index contributed by atoms with van der Waals surface area (Å²) >= 11 is 0. The lowest BCUT2D eigenvalue weighted by molar-refractivity contribution is -0.149. The van der Waals surface area contributed by atoms with Gasteiger partial charge in [-0.3, -0.25) is 4.79 Å². The van der Waals surface area contributed by atoms with Crippen molar-refractivity contribution in [2.75, 3.05) is 13.2 Å². The van der Waals surface area contributed by atoms with Crippen molar-refractivity contribution in [2.45, 2.75) is 6.04 Å². The van der Waals surface area contributed by atoms with E-state index in [0.29, 0.717) is 11.3 Å². The van der Waals surface area contributed by atoms with Gasteiger partial charge < -0.3 is 25.2 Å². The first-order chi connectivity index (χ1) is 13.0. The number of benzene rings is 2. The second-order valence-electron chi connectivity index (χ2n) is 6.00. The zero-order valence-electron chi connectivity index (χ0n) is 14.6. The molecule has 0 radical (unpaired) electrons. The molecule has 2 amide bonds. The second-order valence-corrected chi connectivity index (χ2v) is 6.00. The maximum absolute atomic E-state index is 12.6. The molecule has 3 rings (SSSR count). The summed E-state index contributed by atoms with van der Waals surface area (Å²) in [5.41, 5.74) is 0.814. The second kappa shape index (κ2) is 8.27. The van der Waals surface area contributed by atoms with Crippen molar-refractivity contribution >= 4 is 12.0 Å². The lowest BCUT2D eigenvalue weighted by Gasteiger charge is -2.33. The largest absolute Gasteiger partial charge is 0.508 e. The van der Waals surface area contributed by atoms with Crippen LogP contribution in [-0.2, 0) is 9.53 Å². The molecule has 0 aromatic heterocycles. The zero-order valence-corrected chi connectivity index (χ0v) is 14.6. The van der Waals surface area contributed by atoms with E-state index >= 15 is 0 Å². The smallest absolute Gasteiger partial charge is 0.319 e. The molecule has 3 N–H and O–H groups in total. The van der Waals surface area contributed by atoms with Crippen LogP contribution in [0.25, 0.3) is 0 Å². The van der Waals surface area contributed by atoms with E-state index in [1.165, 1.54) is 12.1 Å². The normalized spacial score (nSPS) is 19.0. The minimum atomic E-state index is -0.832. The fraction of sp³-hybridized carbons (Fsp3) is 0.200. The minimum Gasteiger partial charge on any atom is -0.508 e. The summed E-state index contributed by atoms with van der Waals surface area (Å²) in [5.74, 6) is -0.657. The Morgan fingerprint density at radius 1 is 1.11 bits per heavy atom. The van der Waals surface area contributed by atoms with Gasteiger partial charge in [-0.2, -0.15) is 0 Å². The number of esters is 1. The number of phenols is 1. The van der Waals surface area contributed by atoms with Crippen LogP contribution in [0.15, 0.2) is 66.9 Å². The van der Waals surface area contributed by atoms with Gasteiger partial charge in [0.25, 0.3) is 0 Å². The Bertz CT molecular complexity index is 837. The molecular weight excluding hydrogens is 348 g/mol. The third-order valence-electron chi connectivity index (χ3n) is 4.09. The Hall–Kier alpha value is -3.48. The molecule has 0 spiro atoms. The van der Waals surface area contributed by atoms with Crippen LogP contribution < -0.4 is 15.4 Å². The Morgan fingerprint density at radius 3 is 2.63 bits per heavy atom. The van der Waals surface area contributed by atoms with Crippen molar-refractivity contribution in [3.05, 3.63) is 72.4 Å². The summed E-state index contributed by atoms with van der Waals surface area (Å²) in [6.45, 7) is 4.03. The maximum atomic E-state index is 12.6. The van der Waals surface area contributed by atoms with E-state index in [4.69, 9.17) is 9.47 Å². The molecule has 0 saturated carbocycles. The number of hydrogen-bond acceptors (Lipinski definition) is 5. The van der Waals surface area contributed by atoms with Crippen molar-refractivity contribution in [3.63, 3.8) is 0 Å². The number of para-hydroxylation sites is 1. The summed E-state index contributed by atoms with van der Waals surface area (Å²) in [4.78, 5) is 24.4. The highest BCUT2D eigenvalue weighted by Gasteiger charge is 2.39. The summed E-state index contributed by atoms with van der Waals surface area (Å²) in [5, 5.41) is 14.9. The van der Waals surface area contributed by atoms with Crippen LogP contribution in [0, 0.1) is 5.92 Å².